The van der Waals surface area contributed by atoms with Crippen LogP contribution in [0.3, 0.4) is 0 Å². The number of thioether (sulfide) groups is 1. The van der Waals surface area contributed by atoms with Crippen LogP contribution in [-0.4, -0.2) is 35.8 Å². The molecule has 0 aromatic heterocycles. The van der Waals surface area contributed by atoms with Gasteiger partial charge < -0.3 is 10.4 Å². The number of aliphatic hydroxyl groups excluding tert-OH is 1. The highest BCUT2D eigenvalue weighted by Gasteiger charge is 2.28. The maximum atomic E-state index is 9.18. The van der Waals surface area contributed by atoms with Gasteiger partial charge in [0.1, 0.15) is 0 Å². The second-order valence-corrected chi connectivity index (χ2v) is 6.19. The largest absolute Gasteiger partial charge is 0.396 e. The highest BCUT2D eigenvalue weighted by atomic mass is 32.2. The van der Waals surface area contributed by atoms with E-state index in [0.717, 1.165) is 18.2 Å². The van der Waals surface area contributed by atoms with Crippen LogP contribution in [-0.2, 0) is 0 Å². The van der Waals surface area contributed by atoms with E-state index < -0.39 is 0 Å². The van der Waals surface area contributed by atoms with Crippen molar-refractivity contribution in [3.05, 3.63) is 35.9 Å². The van der Waals surface area contributed by atoms with Crippen LogP contribution in [0.5, 0.6) is 0 Å². The third kappa shape index (κ3) is 3.74. The maximum Gasteiger partial charge on any atom is 0.0437 e. The molecule has 3 heteroatoms. The van der Waals surface area contributed by atoms with E-state index in [4.69, 9.17) is 0 Å². The summed E-state index contributed by atoms with van der Waals surface area (Å²) < 4.78 is 0. The number of aliphatic hydroxyl groups is 1. The Bertz CT molecular complexity index is 338. The topological polar surface area (TPSA) is 32.3 Å². The molecule has 0 amide bonds. The lowest BCUT2D eigenvalue weighted by Gasteiger charge is -2.36. The van der Waals surface area contributed by atoms with Gasteiger partial charge in [0, 0.05) is 24.4 Å². The van der Waals surface area contributed by atoms with Crippen LogP contribution in [0.4, 0.5) is 0 Å². The Kier molecular flexibility index (Phi) is 5.54. The van der Waals surface area contributed by atoms with Gasteiger partial charge in [-0.15, -0.1) is 0 Å². The average molecular weight is 265 g/mol. The van der Waals surface area contributed by atoms with Gasteiger partial charge in [0.05, 0.1) is 0 Å². The molecule has 2 rings (SSSR count). The molecular formula is C15H23NOS. The van der Waals surface area contributed by atoms with Gasteiger partial charge in [-0.3, -0.25) is 0 Å². The zero-order valence-corrected chi connectivity index (χ0v) is 11.8. The van der Waals surface area contributed by atoms with Crippen LogP contribution < -0.4 is 5.32 Å². The normalized spacial score (nSPS) is 24.6. The molecule has 2 N–H and O–H groups in total. The van der Waals surface area contributed by atoms with Crippen molar-refractivity contribution in [2.75, 3.05) is 19.4 Å². The van der Waals surface area contributed by atoms with Gasteiger partial charge in [-0.2, -0.15) is 11.8 Å². The molecule has 2 nitrogen and oxygen atoms in total. The minimum atomic E-state index is 0.263. The van der Waals surface area contributed by atoms with E-state index in [1.807, 2.05) is 17.8 Å². The van der Waals surface area contributed by atoms with E-state index >= 15 is 0 Å². The molecule has 0 aliphatic heterocycles. The zero-order chi connectivity index (χ0) is 12.8. The van der Waals surface area contributed by atoms with E-state index in [1.165, 1.54) is 18.4 Å². The average Bonchev–Trinajstić information content (AvgIpc) is 2.37. The van der Waals surface area contributed by atoms with E-state index in [-0.39, 0.29) is 6.61 Å². The summed E-state index contributed by atoms with van der Waals surface area (Å²) in [6, 6.07) is 11.2. The Morgan fingerprint density at radius 2 is 2.06 bits per heavy atom. The van der Waals surface area contributed by atoms with Gasteiger partial charge in [0.15, 0.2) is 0 Å². The van der Waals surface area contributed by atoms with Crippen molar-refractivity contribution in [1.29, 1.82) is 0 Å². The van der Waals surface area contributed by atoms with Gasteiger partial charge in [0.2, 0.25) is 0 Å². The molecule has 1 unspecified atom stereocenters. The SMILES string of the molecule is CSC1CC(NCC(CCO)c2ccccc2)C1. The van der Waals surface area contributed by atoms with Crippen LogP contribution in [0.15, 0.2) is 30.3 Å². The Balaban J connectivity index is 1.80. The third-order valence-electron chi connectivity index (χ3n) is 3.83. The van der Waals surface area contributed by atoms with Gasteiger partial charge in [-0.05, 0) is 37.0 Å². The van der Waals surface area contributed by atoms with E-state index in [0.29, 0.717) is 12.0 Å². The molecule has 18 heavy (non-hydrogen) atoms. The smallest absolute Gasteiger partial charge is 0.0437 e. The first-order valence-electron chi connectivity index (χ1n) is 6.75. The van der Waals surface area contributed by atoms with Gasteiger partial charge >= 0.3 is 0 Å². The molecular weight excluding hydrogens is 242 g/mol. The lowest BCUT2D eigenvalue weighted by atomic mass is 9.90. The Hall–Kier alpha value is -0.510. The summed E-state index contributed by atoms with van der Waals surface area (Å²) in [7, 11) is 0. The summed E-state index contributed by atoms with van der Waals surface area (Å²) in [4.78, 5) is 0. The van der Waals surface area contributed by atoms with Gasteiger partial charge in [-0.25, -0.2) is 0 Å². The molecule has 1 aliphatic rings. The van der Waals surface area contributed by atoms with E-state index in [1.54, 1.807) is 0 Å². The van der Waals surface area contributed by atoms with Crippen molar-refractivity contribution in [2.45, 2.75) is 36.5 Å². The second kappa shape index (κ2) is 7.17. The van der Waals surface area contributed by atoms with Crippen LogP contribution in [0.25, 0.3) is 0 Å². The molecule has 0 saturated heterocycles. The fourth-order valence-electron chi connectivity index (χ4n) is 2.50. The fourth-order valence-corrected chi connectivity index (χ4v) is 3.35. The minimum absolute atomic E-state index is 0.263. The van der Waals surface area contributed by atoms with Gasteiger partial charge in [0.25, 0.3) is 0 Å². The van der Waals surface area contributed by atoms with E-state index in [9.17, 15) is 5.11 Å². The minimum Gasteiger partial charge on any atom is -0.396 e. The number of benzene rings is 1. The van der Waals surface area contributed by atoms with Crippen LogP contribution >= 0.6 is 11.8 Å². The van der Waals surface area contributed by atoms with E-state index in [2.05, 4.69) is 35.8 Å². The summed E-state index contributed by atoms with van der Waals surface area (Å²) in [5.74, 6) is 0.435. The standard InChI is InChI=1S/C15H23NOS/c1-18-15-9-14(10-15)16-11-13(7-8-17)12-5-3-2-4-6-12/h2-6,13-17H,7-11H2,1H3. The first-order chi connectivity index (χ1) is 8.83. The summed E-state index contributed by atoms with van der Waals surface area (Å²) in [5, 5.41) is 13.7. The first-order valence-corrected chi connectivity index (χ1v) is 8.04. The molecule has 0 bridgehead atoms. The van der Waals surface area contributed by atoms with Crippen LogP contribution in [0.2, 0.25) is 0 Å². The molecule has 1 aromatic rings. The molecule has 0 radical (unpaired) electrons. The second-order valence-electron chi connectivity index (χ2n) is 5.05. The van der Waals surface area contributed by atoms with Crippen molar-refractivity contribution in [1.82, 2.24) is 5.32 Å². The van der Waals surface area contributed by atoms with Crippen molar-refractivity contribution >= 4 is 11.8 Å². The number of hydrogen-bond acceptors (Lipinski definition) is 3. The fraction of sp³-hybridized carbons (Fsp3) is 0.600. The molecule has 1 saturated carbocycles. The number of nitrogens with one attached hydrogen (secondary N) is 1. The lowest BCUT2D eigenvalue weighted by molar-refractivity contribution is 0.266. The first kappa shape index (κ1) is 13.9. The predicted molar refractivity (Wildman–Crippen MR) is 79.2 cm³/mol. The molecule has 0 heterocycles. The molecule has 100 valence electrons. The Morgan fingerprint density at radius 3 is 2.67 bits per heavy atom. The summed E-state index contributed by atoms with van der Waals surface area (Å²) in [6.07, 6.45) is 5.62. The number of hydrogen-bond donors (Lipinski definition) is 2. The molecule has 0 spiro atoms. The van der Waals surface area contributed by atoms with Crippen molar-refractivity contribution in [3.63, 3.8) is 0 Å². The van der Waals surface area contributed by atoms with Crippen molar-refractivity contribution in [3.8, 4) is 0 Å². The third-order valence-corrected chi connectivity index (χ3v) is 4.88. The quantitative estimate of drug-likeness (QED) is 0.795. The maximum absolute atomic E-state index is 9.18. The predicted octanol–water partition coefficient (Wildman–Crippen LogP) is 2.64. The summed E-state index contributed by atoms with van der Waals surface area (Å²) in [6.45, 7) is 1.25. The zero-order valence-electron chi connectivity index (χ0n) is 11.0. The lowest BCUT2D eigenvalue weighted by Crippen LogP contribution is -2.44. The molecule has 1 fully saturated rings. The molecule has 1 aromatic carbocycles. The van der Waals surface area contributed by atoms with Crippen LogP contribution in [0, 0.1) is 0 Å². The summed E-state index contributed by atoms with van der Waals surface area (Å²) >= 11 is 1.98. The Labute approximate surface area is 114 Å². The highest BCUT2D eigenvalue weighted by molar-refractivity contribution is 7.99. The van der Waals surface area contributed by atoms with Crippen LogP contribution in [0.1, 0.15) is 30.7 Å². The molecule has 1 atom stereocenters. The summed E-state index contributed by atoms with van der Waals surface area (Å²) in [5.41, 5.74) is 1.33. The Morgan fingerprint density at radius 1 is 1.33 bits per heavy atom. The monoisotopic (exact) mass is 265 g/mol. The highest BCUT2D eigenvalue weighted by Crippen LogP contribution is 2.30. The van der Waals surface area contributed by atoms with Crippen molar-refractivity contribution in [2.24, 2.45) is 0 Å². The molecule has 1 aliphatic carbocycles. The van der Waals surface area contributed by atoms with Gasteiger partial charge in [-0.1, -0.05) is 30.3 Å². The van der Waals surface area contributed by atoms with Crippen molar-refractivity contribution < 1.29 is 5.11 Å². The number of rotatable bonds is 7.